The summed E-state index contributed by atoms with van der Waals surface area (Å²) in [6.45, 7) is 13.6. The average molecular weight is 903 g/mol. The van der Waals surface area contributed by atoms with E-state index in [4.69, 9.17) is 0 Å². The van der Waals surface area contributed by atoms with Crippen molar-refractivity contribution in [3.63, 3.8) is 0 Å². The van der Waals surface area contributed by atoms with Crippen LogP contribution in [0.1, 0.15) is 75.6 Å². The summed E-state index contributed by atoms with van der Waals surface area (Å²) in [5, 5.41) is 0. The van der Waals surface area contributed by atoms with Crippen molar-refractivity contribution in [1.82, 2.24) is 6.83 Å². The molecule has 12 nitrogen and oxygen atoms in total. The molecule has 0 aromatic heterocycles. The molecular formula is C42H50N2O10S5. The summed E-state index contributed by atoms with van der Waals surface area (Å²) in [5.41, 5.74) is 3.24. The Morgan fingerprint density at radius 2 is 0.797 bits per heavy atom. The molecule has 1 atom stereocenters. The zero-order valence-electron chi connectivity index (χ0n) is 34.1. The van der Waals surface area contributed by atoms with Crippen molar-refractivity contribution in [2.24, 2.45) is 0 Å². The van der Waals surface area contributed by atoms with E-state index in [1.807, 2.05) is 13.8 Å². The van der Waals surface area contributed by atoms with Crippen LogP contribution in [0, 0.1) is 13.8 Å². The summed E-state index contributed by atoms with van der Waals surface area (Å²) in [6, 6.07) is 30.1. The molecule has 318 valence electrons. The Balaban J connectivity index is 0.000000273. The van der Waals surface area contributed by atoms with E-state index in [0.29, 0.717) is 3.71 Å². The largest absolute Gasteiger partial charge is 0.270 e. The lowest BCUT2D eigenvalue weighted by molar-refractivity contribution is 0.505. The number of aryl methyl sites for hydroxylation is 2. The first-order valence-corrected chi connectivity index (χ1v) is 25.7. The molecule has 0 saturated heterocycles. The van der Waals surface area contributed by atoms with Crippen LogP contribution >= 0.6 is 0 Å². The summed E-state index contributed by atoms with van der Waals surface area (Å²) in [5.74, 6) is 0.153. The number of benzene rings is 5. The summed E-state index contributed by atoms with van der Waals surface area (Å²) in [4.78, 5) is -1.46. The first-order valence-electron chi connectivity index (χ1n) is 18.5. The minimum absolute atomic E-state index is 0.0508. The maximum absolute atomic E-state index is 13.6. The molecule has 0 bridgehead atoms. The van der Waals surface area contributed by atoms with Gasteiger partial charge in [0.1, 0.15) is 0 Å². The molecular weight excluding hydrogens is 853 g/mol. The van der Waals surface area contributed by atoms with Gasteiger partial charge in [0.05, 0.1) is 24.5 Å². The highest BCUT2D eigenvalue weighted by Crippen LogP contribution is 2.33. The summed E-state index contributed by atoms with van der Waals surface area (Å²) in [6.07, 6.45) is 1.73. The molecule has 0 fully saturated rings. The quantitative estimate of drug-likeness (QED) is 0.106. The molecule has 0 aliphatic heterocycles. The second kappa shape index (κ2) is 18.2. The fraction of sp³-hybridized carbons (Fsp3) is 0.286. The number of nitrogens with zero attached hydrogens (tertiary/aromatic N) is 2. The molecule has 59 heavy (non-hydrogen) atoms. The van der Waals surface area contributed by atoms with Gasteiger partial charge in [-0.05, 0) is 110 Å². The zero-order chi connectivity index (χ0) is 44.2. The Hall–Kier alpha value is -4.23. The standard InChI is InChI=1S/C24H27NO6S3.C18H23NO4S2/c1-5-20(4)21-10-16-24(17-11-21)34(30,31)25(32(26,27)22-12-6-18(2)7-13-22)33(28,29)23-14-8-19(3)9-15-23;1-5-18(2,3)15-11-13-17(14-12-15)25(22,23)19(4)24(20,21)16-9-7-6-8-10-16/h6-17,20H,5H2,1-4H3;6-14H,5H2,1-4H3. The van der Waals surface area contributed by atoms with Gasteiger partial charge in [-0.25, -0.2) is 42.1 Å². The molecule has 0 aliphatic rings. The van der Waals surface area contributed by atoms with Gasteiger partial charge < -0.3 is 0 Å². The van der Waals surface area contributed by atoms with Gasteiger partial charge in [0.15, 0.2) is 0 Å². The highest BCUT2D eigenvalue weighted by Gasteiger charge is 2.47. The van der Waals surface area contributed by atoms with Gasteiger partial charge in [-0.3, -0.25) is 0 Å². The monoisotopic (exact) mass is 902 g/mol. The predicted octanol–water partition coefficient (Wildman–Crippen LogP) is 7.97. The zero-order valence-corrected chi connectivity index (χ0v) is 38.2. The summed E-state index contributed by atoms with van der Waals surface area (Å²) >= 11 is 0. The van der Waals surface area contributed by atoms with Crippen LogP contribution in [0.3, 0.4) is 0 Å². The topological polar surface area (TPSA) is 177 Å². The van der Waals surface area contributed by atoms with E-state index >= 15 is 0 Å². The molecule has 5 aromatic carbocycles. The molecule has 5 rings (SSSR count). The van der Waals surface area contributed by atoms with Crippen LogP contribution in [0.15, 0.2) is 152 Å². The predicted molar refractivity (Wildman–Crippen MR) is 229 cm³/mol. The fourth-order valence-electron chi connectivity index (χ4n) is 5.57. The molecule has 17 heteroatoms. The van der Waals surface area contributed by atoms with E-state index < -0.39 is 64.8 Å². The summed E-state index contributed by atoms with van der Waals surface area (Å²) < 4.78 is 132. The molecule has 0 saturated carbocycles. The Kier molecular flexibility index (Phi) is 14.6. The van der Waals surface area contributed by atoms with Gasteiger partial charge in [0, 0.05) is 10.2 Å². The minimum Gasteiger partial charge on any atom is -0.206 e. The molecule has 0 radical (unpaired) electrons. The lowest BCUT2D eigenvalue weighted by Crippen LogP contribution is -2.41. The van der Waals surface area contributed by atoms with E-state index in [2.05, 4.69) is 20.8 Å². The molecule has 0 spiro atoms. The van der Waals surface area contributed by atoms with Crippen LogP contribution in [0.5, 0.6) is 0 Å². The third kappa shape index (κ3) is 10.2. The van der Waals surface area contributed by atoms with E-state index in [0.717, 1.165) is 42.1 Å². The molecule has 1 unspecified atom stereocenters. The van der Waals surface area contributed by atoms with Gasteiger partial charge in [0.25, 0.3) is 50.1 Å². The SMILES string of the molecule is CCC(C)(C)c1ccc(S(=O)(=O)N(C)S(=O)(=O)c2ccccc2)cc1.CCC(C)c1ccc(S(=O)(=O)N(S(=O)(=O)c2ccc(C)cc2)S(=O)(=O)c2ccc(C)cc2)cc1. The fourth-order valence-corrected chi connectivity index (χ4v) is 15.3. The van der Waals surface area contributed by atoms with Gasteiger partial charge in [-0.15, -0.1) is 0 Å². The van der Waals surface area contributed by atoms with Crippen LogP contribution in [0.2, 0.25) is 0 Å². The molecule has 5 aromatic rings. The Labute approximate surface area is 350 Å². The van der Waals surface area contributed by atoms with Crippen molar-refractivity contribution in [2.45, 2.75) is 97.1 Å². The third-order valence-corrected chi connectivity index (χ3v) is 21.7. The first-order chi connectivity index (χ1) is 27.3. The number of sulfonamides is 5. The van der Waals surface area contributed by atoms with Crippen molar-refractivity contribution in [1.29, 1.82) is 0 Å². The van der Waals surface area contributed by atoms with Gasteiger partial charge in [0.2, 0.25) is 0 Å². The van der Waals surface area contributed by atoms with Gasteiger partial charge >= 0.3 is 0 Å². The average Bonchev–Trinajstić information content (AvgIpc) is 3.20. The highest BCUT2D eigenvalue weighted by atomic mass is 32.3. The normalized spacial score (nSPS) is 13.5. The lowest BCUT2D eigenvalue weighted by Gasteiger charge is -2.24. The molecule has 0 amide bonds. The highest BCUT2D eigenvalue weighted by molar-refractivity contribution is 8.17. The van der Waals surface area contributed by atoms with Crippen LogP contribution in [-0.2, 0) is 55.5 Å². The Bertz CT molecular complexity index is 2720. The van der Waals surface area contributed by atoms with Crippen molar-refractivity contribution < 1.29 is 42.1 Å². The summed E-state index contributed by atoms with van der Waals surface area (Å²) in [7, 11) is -22.3. The van der Waals surface area contributed by atoms with Gasteiger partial charge in [-0.2, -0.15) is 0 Å². The van der Waals surface area contributed by atoms with Crippen LogP contribution in [-0.4, -0.2) is 56.0 Å². The number of hydrogen-bond acceptors (Lipinski definition) is 10. The minimum atomic E-state index is -5.02. The second-order valence-corrected chi connectivity index (χ2v) is 24.8. The lowest BCUT2D eigenvalue weighted by atomic mass is 9.82. The molecule has 0 aliphatic carbocycles. The van der Waals surface area contributed by atoms with E-state index in [-0.39, 0.29) is 24.2 Å². The number of hydrogen-bond donors (Lipinski definition) is 0. The maximum Gasteiger partial charge on any atom is 0.270 e. The molecule has 0 N–H and O–H groups in total. The van der Waals surface area contributed by atoms with Crippen molar-refractivity contribution >= 4 is 50.1 Å². The van der Waals surface area contributed by atoms with Crippen LogP contribution < -0.4 is 0 Å². The van der Waals surface area contributed by atoms with E-state index in [1.165, 1.54) is 84.9 Å². The number of rotatable bonds is 14. The Morgan fingerprint density at radius 1 is 0.475 bits per heavy atom. The van der Waals surface area contributed by atoms with E-state index in [1.54, 1.807) is 56.3 Å². The van der Waals surface area contributed by atoms with Crippen molar-refractivity contribution in [3.05, 3.63) is 150 Å². The first kappa shape index (κ1) is 47.4. The van der Waals surface area contributed by atoms with Crippen LogP contribution in [0.4, 0.5) is 0 Å². The second-order valence-electron chi connectivity index (χ2n) is 14.6. The third-order valence-electron chi connectivity index (χ3n) is 10.1. The van der Waals surface area contributed by atoms with Crippen molar-refractivity contribution in [3.8, 4) is 0 Å². The smallest absolute Gasteiger partial charge is 0.206 e. The van der Waals surface area contributed by atoms with Crippen molar-refractivity contribution in [2.75, 3.05) is 7.05 Å². The Morgan fingerprint density at radius 3 is 1.15 bits per heavy atom. The van der Waals surface area contributed by atoms with Crippen LogP contribution in [0.25, 0.3) is 0 Å². The maximum atomic E-state index is 13.6. The van der Waals surface area contributed by atoms with Gasteiger partial charge in [-0.1, -0.05) is 116 Å². The molecule has 0 heterocycles. The van der Waals surface area contributed by atoms with E-state index in [9.17, 15) is 42.1 Å².